The number of nitrogens with zero attached hydrogens (tertiary/aromatic N) is 1. The number of aliphatic carboxylic acids is 1. The van der Waals surface area contributed by atoms with E-state index in [9.17, 15) is 4.79 Å². The molecule has 0 bridgehead atoms. The summed E-state index contributed by atoms with van der Waals surface area (Å²) in [6.07, 6.45) is 1.47. The maximum Gasteiger partial charge on any atom is 0.306 e. The zero-order chi connectivity index (χ0) is 12.4. The molecule has 1 heterocycles. The van der Waals surface area contributed by atoms with Gasteiger partial charge in [-0.05, 0) is 37.5 Å². The van der Waals surface area contributed by atoms with Crippen LogP contribution in [0.15, 0.2) is 22.7 Å². The molecule has 3 nitrogen and oxygen atoms in total. The van der Waals surface area contributed by atoms with Crippen molar-refractivity contribution in [1.82, 2.24) is 0 Å². The minimum Gasteiger partial charge on any atom is -0.481 e. The maximum absolute atomic E-state index is 10.9. The summed E-state index contributed by atoms with van der Waals surface area (Å²) in [5.74, 6) is -0.824. The summed E-state index contributed by atoms with van der Waals surface area (Å²) < 4.78 is 1.11. The number of carbonyl (C=O) groups is 1. The van der Waals surface area contributed by atoms with Gasteiger partial charge in [-0.25, -0.2) is 0 Å². The molecule has 1 N–H and O–H groups in total. The van der Waals surface area contributed by atoms with Gasteiger partial charge in [-0.3, -0.25) is 4.79 Å². The SMILES string of the molecule is Cc1ccc(N2CCC(C(=O)O)CC2)cc1Br. The third-order valence-electron chi connectivity index (χ3n) is 3.36. The van der Waals surface area contributed by atoms with Crippen LogP contribution < -0.4 is 4.90 Å². The summed E-state index contributed by atoms with van der Waals surface area (Å²) in [5, 5.41) is 8.95. The lowest BCUT2D eigenvalue weighted by atomic mass is 9.97. The van der Waals surface area contributed by atoms with E-state index in [-0.39, 0.29) is 5.92 Å². The number of carboxylic acid groups (broad SMARTS) is 1. The number of halogens is 1. The van der Waals surface area contributed by atoms with E-state index in [1.807, 2.05) is 0 Å². The van der Waals surface area contributed by atoms with Crippen LogP contribution in [0.2, 0.25) is 0 Å². The molecule has 1 aromatic rings. The van der Waals surface area contributed by atoms with Crippen molar-refractivity contribution in [1.29, 1.82) is 0 Å². The van der Waals surface area contributed by atoms with Gasteiger partial charge in [-0.2, -0.15) is 0 Å². The fraction of sp³-hybridized carbons (Fsp3) is 0.462. The minimum atomic E-state index is -0.658. The van der Waals surface area contributed by atoms with Crippen molar-refractivity contribution >= 4 is 27.6 Å². The van der Waals surface area contributed by atoms with Crippen LogP contribution in [0, 0.1) is 12.8 Å². The Labute approximate surface area is 110 Å². The van der Waals surface area contributed by atoms with Gasteiger partial charge >= 0.3 is 5.97 Å². The molecule has 1 aliphatic rings. The first kappa shape index (κ1) is 12.4. The first-order valence-electron chi connectivity index (χ1n) is 5.82. The second-order valence-electron chi connectivity index (χ2n) is 4.53. The minimum absolute atomic E-state index is 0.167. The molecule has 0 radical (unpaired) electrons. The third kappa shape index (κ3) is 2.80. The second-order valence-corrected chi connectivity index (χ2v) is 5.39. The molecular weight excluding hydrogens is 282 g/mol. The van der Waals surface area contributed by atoms with Gasteiger partial charge in [-0.1, -0.05) is 22.0 Å². The van der Waals surface area contributed by atoms with E-state index in [0.29, 0.717) is 0 Å². The standard InChI is InChI=1S/C13H16BrNO2/c1-9-2-3-11(8-12(9)14)15-6-4-10(5-7-15)13(16)17/h2-3,8,10H,4-7H2,1H3,(H,16,17). The Morgan fingerprint density at radius 3 is 2.59 bits per heavy atom. The Balaban J connectivity index is 2.05. The predicted octanol–water partition coefficient (Wildman–Crippen LogP) is 3.06. The summed E-state index contributed by atoms with van der Waals surface area (Å²) in [6, 6.07) is 6.29. The van der Waals surface area contributed by atoms with E-state index >= 15 is 0 Å². The van der Waals surface area contributed by atoms with E-state index in [2.05, 4.69) is 46.0 Å². The van der Waals surface area contributed by atoms with Gasteiger partial charge in [0.15, 0.2) is 0 Å². The lowest BCUT2D eigenvalue weighted by Gasteiger charge is -2.32. The number of rotatable bonds is 2. The van der Waals surface area contributed by atoms with Crippen molar-refractivity contribution in [3.8, 4) is 0 Å². The largest absolute Gasteiger partial charge is 0.481 e. The zero-order valence-corrected chi connectivity index (χ0v) is 11.4. The molecule has 2 rings (SSSR count). The van der Waals surface area contributed by atoms with Gasteiger partial charge in [0, 0.05) is 23.2 Å². The van der Waals surface area contributed by atoms with Gasteiger partial charge in [0.1, 0.15) is 0 Å². The molecule has 0 unspecified atom stereocenters. The van der Waals surface area contributed by atoms with E-state index in [0.717, 1.165) is 30.4 Å². The van der Waals surface area contributed by atoms with Gasteiger partial charge in [0.25, 0.3) is 0 Å². The molecule has 1 aromatic carbocycles. The Kier molecular flexibility index (Phi) is 3.72. The van der Waals surface area contributed by atoms with Crippen molar-refractivity contribution in [3.63, 3.8) is 0 Å². The Hall–Kier alpha value is -1.03. The molecule has 0 saturated carbocycles. The number of anilines is 1. The highest BCUT2D eigenvalue weighted by molar-refractivity contribution is 9.10. The van der Waals surface area contributed by atoms with Gasteiger partial charge < -0.3 is 10.0 Å². The van der Waals surface area contributed by atoms with Crippen molar-refractivity contribution < 1.29 is 9.90 Å². The lowest BCUT2D eigenvalue weighted by Crippen LogP contribution is -2.36. The first-order valence-corrected chi connectivity index (χ1v) is 6.61. The molecule has 1 aliphatic heterocycles. The smallest absolute Gasteiger partial charge is 0.306 e. The van der Waals surface area contributed by atoms with E-state index in [1.54, 1.807) is 0 Å². The molecular formula is C13H16BrNO2. The molecule has 1 fully saturated rings. The van der Waals surface area contributed by atoms with Crippen molar-refractivity contribution in [2.24, 2.45) is 5.92 Å². The summed E-state index contributed by atoms with van der Waals surface area (Å²) in [5.41, 5.74) is 2.39. The first-order chi connectivity index (χ1) is 8.08. The highest BCUT2D eigenvalue weighted by Crippen LogP contribution is 2.27. The third-order valence-corrected chi connectivity index (χ3v) is 4.22. The molecule has 0 aliphatic carbocycles. The Morgan fingerprint density at radius 2 is 2.06 bits per heavy atom. The lowest BCUT2D eigenvalue weighted by molar-refractivity contribution is -0.142. The number of piperidine rings is 1. The van der Waals surface area contributed by atoms with Crippen molar-refractivity contribution in [3.05, 3.63) is 28.2 Å². The average molecular weight is 298 g/mol. The molecule has 0 atom stereocenters. The van der Waals surface area contributed by atoms with Crippen LogP contribution in [-0.2, 0) is 4.79 Å². The molecule has 4 heteroatoms. The van der Waals surface area contributed by atoms with Crippen LogP contribution in [0.25, 0.3) is 0 Å². The Morgan fingerprint density at radius 1 is 1.41 bits per heavy atom. The topological polar surface area (TPSA) is 40.5 Å². The van der Waals surface area contributed by atoms with Crippen LogP contribution in [-0.4, -0.2) is 24.2 Å². The number of hydrogen-bond donors (Lipinski definition) is 1. The van der Waals surface area contributed by atoms with E-state index < -0.39 is 5.97 Å². The molecule has 0 aromatic heterocycles. The molecule has 92 valence electrons. The predicted molar refractivity (Wildman–Crippen MR) is 71.5 cm³/mol. The summed E-state index contributed by atoms with van der Waals surface area (Å²) in [7, 11) is 0. The second kappa shape index (κ2) is 5.08. The fourth-order valence-electron chi connectivity index (χ4n) is 2.16. The molecule has 1 saturated heterocycles. The Bertz CT molecular complexity index is 425. The highest BCUT2D eigenvalue weighted by Gasteiger charge is 2.24. The highest BCUT2D eigenvalue weighted by atomic mass is 79.9. The zero-order valence-electron chi connectivity index (χ0n) is 9.82. The molecule has 17 heavy (non-hydrogen) atoms. The van der Waals surface area contributed by atoms with Crippen LogP contribution >= 0.6 is 15.9 Å². The van der Waals surface area contributed by atoms with Crippen molar-refractivity contribution in [2.45, 2.75) is 19.8 Å². The van der Waals surface area contributed by atoms with Crippen LogP contribution in [0.1, 0.15) is 18.4 Å². The van der Waals surface area contributed by atoms with Gasteiger partial charge in [-0.15, -0.1) is 0 Å². The number of hydrogen-bond acceptors (Lipinski definition) is 2. The van der Waals surface area contributed by atoms with Gasteiger partial charge in [0.05, 0.1) is 5.92 Å². The van der Waals surface area contributed by atoms with E-state index in [1.165, 1.54) is 11.3 Å². The number of benzene rings is 1. The maximum atomic E-state index is 10.9. The number of carboxylic acids is 1. The van der Waals surface area contributed by atoms with Crippen LogP contribution in [0.3, 0.4) is 0 Å². The fourth-order valence-corrected chi connectivity index (χ4v) is 2.53. The average Bonchev–Trinajstić information content (AvgIpc) is 2.33. The molecule has 0 amide bonds. The number of aryl methyl sites for hydroxylation is 1. The summed E-state index contributed by atoms with van der Waals surface area (Å²) >= 11 is 3.53. The van der Waals surface area contributed by atoms with Crippen LogP contribution in [0.4, 0.5) is 5.69 Å². The van der Waals surface area contributed by atoms with Crippen LogP contribution in [0.5, 0.6) is 0 Å². The summed E-state index contributed by atoms with van der Waals surface area (Å²) in [6.45, 7) is 3.71. The van der Waals surface area contributed by atoms with Gasteiger partial charge in [0.2, 0.25) is 0 Å². The quantitative estimate of drug-likeness (QED) is 0.912. The monoisotopic (exact) mass is 297 g/mol. The normalized spacial score (nSPS) is 17.2. The van der Waals surface area contributed by atoms with E-state index in [4.69, 9.17) is 5.11 Å². The molecule has 0 spiro atoms. The summed E-state index contributed by atoms with van der Waals surface area (Å²) in [4.78, 5) is 13.1. The van der Waals surface area contributed by atoms with Crippen molar-refractivity contribution in [2.75, 3.05) is 18.0 Å².